The fourth-order valence-corrected chi connectivity index (χ4v) is 12.9. The highest BCUT2D eigenvalue weighted by Crippen LogP contribution is 2.76. The summed E-state index contributed by atoms with van der Waals surface area (Å²) >= 11 is 1.97. The van der Waals surface area contributed by atoms with Crippen LogP contribution in [0, 0.1) is 0 Å². The van der Waals surface area contributed by atoms with Gasteiger partial charge in [0.2, 0.25) is 0 Å². The van der Waals surface area contributed by atoms with E-state index in [4.69, 9.17) is 0 Å². The largest absolute Gasteiger partial charge is 0.361 e. The van der Waals surface area contributed by atoms with Gasteiger partial charge in [0.1, 0.15) is 0 Å². The summed E-state index contributed by atoms with van der Waals surface area (Å²) in [6, 6.07) is 25.7. The number of aromatic nitrogens is 2. The van der Waals surface area contributed by atoms with Crippen LogP contribution < -0.4 is 5.30 Å². The van der Waals surface area contributed by atoms with E-state index in [2.05, 4.69) is 132 Å². The molecule has 2 atom stereocenters. The van der Waals surface area contributed by atoms with Crippen LogP contribution in [0.25, 0.3) is 0 Å². The van der Waals surface area contributed by atoms with Gasteiger partial charge in [-0.25, -0.2) is 0 Å². The average molecular weight is 579 g/mol. The molecule has 4 aromatic rings. The molecule has 1 aromatic carbocycles. The number of H-pyrrole nitrogens is 2. The lowest BCUT2D eigenvalue weighted by atomic mass is 9.74. The van der Waals surface area contributed by atoms with Crippen molar-refractivity contribution in [3.05, 3.63) is 121 Å². The van der Waals surface area contributed by atoms with Gasteiger partial charge in [-0.1, -0.05) is 49.8 Å². The number of aromatic amines is 2. The molecule has 2 N–H and O–H groups in total. The molecule has 5 heterocycles. The Labute approximate surface area is 251 Å². The van der Waals surface area contributed by atoms with Gasteiger partial charge in [0, 0.05) is 48.8 Å². The molecule has 41 heavy (non-hydrogen) atoms. The minimum absolute atomic E-state index is 0.0587. The van der Waals surface area contributed by atoms with Crippen molar-refractivity contribution in [3.8, 4) is 0 Å². The fraction of sp³-hybridized carbons (Fsp3) is 0.405. The van der Waals surface area contributed by atoms with Gasteiger partial charge in [0.05, 0.1) is 5.41 Å². The van der Waals surface area contributed by atoms with Crippen molar-refractivity contribution in [2.45, 2.75) is 96.3 Å². The number of rotatable bonds is 1. The summed E-state index contributed by atoms with van der Waals surface area (Å²) in [6.07, 6.45) is 3.59. The Bertz CT molecular complexity index is 1720. The minimum Gasteiger partial charge on any atom is -0.361 e. The molecule has 7 rings (SSSR count). The first-order valence-corrected chi connectivity index (χ1v) is 17.3. The molecule has 8 bridgehead atoms. The third-order valence-electron chi connectivity index (χ3n) is 10.4. The second-order valence-electron chi connectivity index (χ2n) is 14.2. The third-order valence-corrected chi connectivity index (χ3v) is 15.5. The van der Waals surface area contributed by atoms with E-state index in [-0.39, 0.29) is 21.7 Å². The summed E-state index contributed by atoms with van der Waals surface area (Å²) in [4.78, 5) is 10.9. The Balaban J connectivity index is 1.60. The molecule has 1 fully saturated rings. The smallest absolute Gasteiger partial charge is 0.0578 e. The Kier molecular flexibility index (Phi) is 5.94. The Morgan fingerprint density at radius 3 is 1.80 bits per heavy atom. The second kappa shape index (κ2) is 8.95. The van der Waals surface area contributed by atoms with E-state index in [1.165, 1.54) is 62.7 Å². The molecular weight excluding hydrogens is 535 g/mol. The molecule has 2 nitrogen and oxygen atoms in total. The number of allylic oxidation sites excluding steroid dienone is 4. The van der Waals surface area contributed by atoms with E-state index in [0.29, 0.717) is 0 Å². The number of thiophene rings is 1. The van der Waals surface area contributed by atoms with Crippen molar-refractivity contribution in [1.29, 1.82) is 0 Å². The highest BCUT2D eigenvalue weighted by Gasteiger charge is 2.57. The normalized spacial score (nSPS) is 25.6. The highest BCUT2D eigenvalue weighted by atomic mass is 32.1. The van der Waals surface area contributed by atoms with Crippen molar-refractivity contribution in [1.82, 2.24) is 9.97 Å². The molecular formula is C37H43N2PS. The van der Waals surface area contributed by atoms with Gasteiger partial charge in [-0.15, -0.1) is 11.3 Å². The Hall–Kier alpha value is -2.61. The molecule has 4 heteroatoms. The summed E-state index contributed by atoms with van der Waals surface area (Å²) in [7, 11) is -0.664. The van der Waals surface area contributed by atoms with Crippen LogP contribution in [0.2, 0.25) is 0 Å². The highest BCUT2D eigenvalue weighted by molar-refractivity contribution is 7.74. The van der Waals surface area contributed by atoms with Crippen LogP contribution >= 0.6 is 19.3 Å². The van der Waals surface area contributed by atoms with Crippen molar-refractivity contribution in [2.75, 3.05) is 0 Å². The molecule has 0 radical (unpaired) electrons. The molecule has 0 saturated heterocycles. The van der Waals surface area contributed by atoms with Gasteiger partial charge in [0.25, 0.3) is 0 Å². The van der Waals surface area contributed by atoms with E-state index in [1.807, 2.05) is 11.3 Å². The molecule has 212 valence electrons. The zero-order valence-corrected chi connectivity index (χ0v) is 27.5. The summed E-state index contributed by atoms with van der Waals surface area (Å²) in [5.41, 5.74) is 8.13. The van der Waals surface area contributed by atoms with Gasteiger partial charge in [0.15, 0.2) is 0 Å². The van der Waals surface area contributed by atoms with Crippen LogP contribution in [0.5, 0.6) is 0 Å². The summed E-state index contributed by atoms with van der Waals surface area (Å²) < 4.78 is 0. The van der Waals surface area contributed by atoms with E-state index in [0.717, 1.165) is 0 Å². The summed E-state index contributed by atoms with van der Waals surface area (Å²) in [6.45, 7) is 19.2. The quantitative estimate of drug-likeness (QED) is 0.211. The van der Waals surface area contributed by atoms with Crippen LogP contribution in [0.4, 0.5) is 0 Å². The minimum atomic E-state index is -0.664. The van der Waals surface area contributed by atoms with Gasteiger partial charge < -0.3 is 9.97 Å². The van der Waals surface area contributed by atoms with Crippen molar-refractivity contribution in [2.24, 2.45) is 0 Å². The zero-order valence-electron chi connectivity index (χ0n) is 25.8. The topological polar surface area (TPSA) is 31.6 Å². The second-order valence-corrected chi connectivity index (χ2v) is 17.4. The SMILES string of the molecule is CC(C)=C1P(c2ccccc2)C2=C3CCC[C@@]31c1ccc([nH]1)C(C)(C)c1ccc(s1)C(C)(C)c1ccc([nH]1)C2(C)C. The van der Waals surface area contributed by atoms with E-state index in [1.54, 1.807) is 16.2 Å². The fourth-order valence-electron chi connectivity index (χ4n) is 8.02. The molecule has 0 amide bonds. The van der Waals surface area contributed by atoms with Crippen LogP contribution in [0.1, 0.15) is 107 Å². The number of hydrogen-bond donors (Lipinski definition) is 2. The molecule has 0 spiro atoms. The Morgan fingerprint density at radius 2 is 1.22 bits per heavy atom. The monoisotopic (exact) mass is 578 g/mol. The van der Waals surface area contributed by atoms with Gasteiger partial charge in [-0.3, -0.25) is 0 Å². The molecule has 1 aliphatic carbocycles. The number of fused-ring (bicyclic) bond motifs is 6. The maximum atomic E-state index is 4.11. The first-order valence-electron chi connectivity index (χ1n) is 15.2. The number of benzene rings is 1. The van der Waals surface area contributed by atoms with Gasteiger partial charge in [-0.05, 0) is 127 Å². The summed E-state index contributed by atoms with van der Waals surface area (Å²) in [5, 5.41) is 4.81. The third kappa shape index (κ3) is 3.64. The lowest BCUT2D eigenvalue weighted by molar-refractivity contribution is 0.576. The van der Waals surface area contributed by atoms with E-state index in [9.17, 15) is 0 Å². The molecule has 1 unspecified atom stereocenters. The predicted molar refractivity (Wildman–Crippen MR) is 177 cm³/mol. The first kappa shape index (κ1) is 27.2. The van der Waals surface area contributed by atoms with Gasteiger partial charge in [-0.2, -0.15) is 0 Å². The van der Waals surface area contributed by atoms with Crippen LogP contribution in [0.15, 0.2) is 88.5 Å². The van der Waals surface area contributed by atoms with Crippen LogP contribution in [-0.2, 0) is 21.7 Å². The van der Waals surface area contributed by atoms with Crippen LogP contribution in [0.3, 0.4) is 0 Å². The van der Waals surface area contributed by atoms with Crippen molar-refractivity contribution >= 4 is 24.6 Å². The van der Waals surface area contributed by atoms with E-state index >= 15 is 0 Å². The predicted octanol–water partition coefficient (Wildman–Crippen LogP) is 10.1. The Morgan fingerprint density at radius 1 is 0.683 bits per heavy atom. The van der Waals surface area contributed by atoms with Crippen molar-refractivity contribution in [3.63, 3.8) is 0 Å². The average Bonchev–Trinajstić information content (AvgIpc) is 3.75. The standard InChI is InChI=1S/C37H43N2PS/c1-23(2)32-37-22-12-15-25(37)33(40(32)24-13-10-9-11-14-24)36(7,8)28-17-16-26(38-28)34(3,4)30-20-21-31(41-30)35(5,6)27-18-19-29(37)39-27/h9-11,13-14,16-21,38-39H,12,15,22H2,1-8H3/t37-,40?/m0/s1. The molecule has 3 aliphatic rings. The molecule has 2 aliphatic heterocycles. The van der Waals surface area contributed by atoms with E-state index < -0.39 is 7.92 Å². The maximum Gasteiger partial charge on any atom is 0.0578 e. The lowest BCUT2D eigenvalue weighted by Gasteiger charge is -2.34. The first-order chi connectivity index (χ1) is 19.4. The summed E-state index contributed by atoms with van der Waals surface area (Å²) in [5.74, 6) is 0. The molecule has 1 saturated carbocycles. The number of nitrogens with one attached hydrogen (secondary N) is 2. The van der Waals surface area contributed by atoms with Gasteiger partial charge >= 0.3 is 0 Å². The lowest BCUT2D eigenvalue weighted by Crippen LogP contribution is -2.27. The maximum absolute atomic E-state index is 4.11. The zero-order chi connectivity index (χ0) is 28.9. The molecule has 3 aromatic heterocycles. The number of hydrogen-bond acceptors (Lipinski definition) is 1. The van der Waals surface area contributed by atoms with Crippen LogP contribution in [-0.4, -0.2) is 9.97 Å². The van der Waals surface area contributed by atoms with Crippen molar-refractivity contribution < 1.29 is 0 Å².